The maximum absolute atomic E-state index is 13.7. The molecule has 7 nitrogen and oxygen atoms in total. The Balaban J connectivity index is 1.69. The van der Waals surface area contributed by atoms with Crippen LogP contribution in [0.25, 0.3) is 11.2 Å². The molecule has 8 heteroatoms. The van der Waals surface area contributed by atoms with E-state index in [2.05, 4.69) is 4.98 Å². The summed E-state index contributed by atoms with van der Waals surface area (Å²) in [6.45, 7) is 0.477. The van der Waals surface area contributed by atoms with Crippen molar-refractivity contribution in [1.29, 1.82) is 0 Å². The maximum atomic E-state index is 13.7. The molecular weight excluding hydrogens is 460 g/mol. The molecule has 0 atom stereocenters. The van der Waals surface area contributed by atoms with Crippen LogP contribution in [0, 0.1) is 0 Å². The number of nitrogens with zero attached hydrogens (tertiary/aromatic N) is 4. The number of hydrogen-bond acceptors (Lipinski definition) is 5. The van der Waals surface area contributed by atoms with Crippen LogP contribution in [0.2, 0.25) is 0 Å². The van der Waals surface area contributed by atoms with Crippen LogP contribution in [0.4, 0.5) is 0 Å². The number of aromatic nitrogens is 4. The molecule has 0 amide bonds. The molecule has 0 fully saturated rings. The van der Waals surface area contributed by atoms with Gasteiger partial charge in [0.1, 0.15) is 0 Å². The Kier molecular flexibility index (Phi) is 6.20. The summed E-state index contributed by atoms with van der Waals surface area (Å²) in [4.78, 5) is 44.4. The van der Waals surface area contributed by atoms with E-state index in [9.17, 15) is 14.4 Å². The minimum absolute atomic E-state index is 0.143. The second kappa shape index (κ2) is 9.60. The SMILES string of the molecule is Cn1c(=O)n(Cc2ccccc2)c(=O)c2c1nc(SC(=O)c1ccccc1)n2Cc1ccccc1. The normalized spacial score (nSPS) is 11.1. The number of aryl methyl sites for hydroxylation is 1. The molecule has 3 aromatic carbocycles. The lowest BCUT2D eigenvalue weighted by molar-refractivity contribution is 0.108. The van der Waals surface area contributed by atoms with Gasteiger partial charge in [-0.3, -0.25) is 18.7 Å². The van der Waals surface area contributed by atoms with Crippen LogP contribution >= 0.6 is 11.8 Å². The average molecular weight is 483 g/mol. The second-order valence-corrected chi connectivity index (χ2v) is 9.05. The zero-order chi connectivity index (χ0) is 24.4. The van der Waals surface area contributed by atoms with Gasteiger partial charge in [0.2, 0.25) is 5.12 Å². The number of hydrogen-bond donors (Lipinski definition) is 0. The molecule has 0 saturated heterocycles. The summed E-state index contributed by atoms with van der Waals surface area (Å²) >= 11 is 0.951. The smallest absolute Gasteiger partial charge is 0.308 e. The Bertz CT molecular complexity index is 1620. The van der Waals surface area contributed by atoms with Crippen LogP contribution in [0.5, 0.6) is 0 Å². The maximum Gasteiger partial charge on any atom is 0.332 e. The first kappa shape index (κ1) is 22.6. The van der Waals surface area contributed by atoms with E-state index in [1.54, 1.807) is 35.9 Å². The highest BCUT2D eigenvalue weighted by Crippen LogP contribution is 2.26. The van der Waals surface area contributed by atoms with E-state index >= 15 is 0 Å². The minimum atomic E-state index is -0.457. The fraction of sp³-hybridized carbons (Fsp3) is 0.111. The van der Waals surface area contributed by atoms with E-state index in [0.29, 0.717) is 17.3 Å². The van der Waals surface area contributed by atoms with Crippen LogP contribution in [0.15, 0.2) is 106 Å². The molecule has 0 bridgehead atoms. The summed E-state index contributed by atoms with van der Waals surface area (Å²) in [5, 5.41) is 0.173. The molecule has 35 heavy (non-hydrogen) atoms. The van der Waals surface area contributed by atoms with E-state index in [4.69, 9.17) is 0 Å². The van der Waals surface area contributed by atoms with Crippen LogP contribution in [-0.2, 0) is 20.1 Å². The van der Waals surface area contributed by atoms with Gasteiger partial charge < -0.3 is 4.57 Å². The van der Waals surface area contributed by atoms with Gasteiger partial charge in [0.15, 0.2) is 16.3 Å². The molecule has 0 aliphatic rings. The lowest BCUT2D eigenvalue weighted by atomic mass is 10.2. The first-order chi connectivity index (χ1) is 17.0. The number of carbonyl (C=O) groups excluding carboxylic acids is 1. The van der Waals surface area contributed by atoms with Crippen molar-refractivity contribution in [2.45, 2.75) is 18.2 Å². The summed E-state index contributed by atoms with van der Waals surface area (Å²) in [5.41, 5.74) is 1.97. The molecule has 0 spiro atoms. The quantitative estimate of drug-likeness (QED) is 0.343. The zero-order valence-corrected chi connectivity index (χ0v) is 19.8. The molecule has 0 aliphatic carbocycles. The standard InChI is InChI=1S/C27H22N4O3S/c1-29-23-22(24(32)31(27(29)34)18-20-13-7-3-8-14-20)30(17-19-11-5-2-6-12-19)26(28-23)35-25(33)21-15-9-4-10-16-21/h2-16H,17-18H2,1H3. The fourth-order valence-electron chi connectivity index (χ4n) is 3.96. The highest BCUT2D eigenvalue weighted by molar-refractivity contribution is 8.14. The molecule has 0 radical (unpaired) electrons. The largest absolute Gasteiger partial charge is 0.332 e. The monoisotopic (exact) mass is 482 g/mol. The van der Waals surface area contributed by atoms with E-state index in [-0.39, 0.29) is 22.8 Å². The summed E-state index contributed by atoms with van der Waals surface area (Å²) in [6, 6.07) is 27.9. The van der Waals surface area contributed by atoms with E-state index in [1.165, 1.54) is 9.13 Å². The van der Waals surface area contributed by atoms with Crippen LogP contribution < -0.4 is 11.2 Å². The predicted octanol–water partition coefficient (Wildman–Crippen LogP) is 3.93. The van der Waals surface area contributed by atoms with Gasteiger partial charge in [0.05, 0.1) is 13.1 Å². The van der Waals surface area contributed by atoms with Crippen molar-refractivity contribution in [2.75, 3.05) is 0 Å². The molecule has 0 unspecified atom stereocenters. The Hall–Kier alpha value is -4.17. The van der Waals surface area contributed by atoms with Gasteiger partial charge in [-0.1, -0.05) is 91.0 Å². The summed E-state index contributed by atoms with van der Waals surface area (Å²) in [6.07, 6.45) is 0. The second-order valence-electron chi connectivity index (χ2n) is 8.11. The molecule has 5 rings (SSSR count). The molecule has 0 aliphatic heterocycles. The highest BCUT2D eigenvalue weighted by Gasteiger charge is 2.23. The molecule has 2 heterocycles. The van der Waals surface area contributed by atoms with Gasteiger partial charge in [-0.2, -0.15) is 0 Å². The van der Waals surface area contributed by atoms with Crippen LogP contribution in [0.1, 0.15) is 21.5 Å². The van der Waals surface area contributed by atoms with Crippen molar-refractivity contribution in [3.8, 4) is 0 Å². The molecule has 174 valence electrons. The summed E-state index contributed by atoms with van der Waals surface area (Å²) < 4.78 is 4.33. The van der Waals surface area contributed by atoms with Gasteiger partial charge in [-0.15, -0.1) is 0 Å². The van der Waals surface area contributed by atoms with Crippen molar-refractivity contribution in [2.24, 2.45) is 7.05 Å². The molecule has 0 saturated carbocycles. The average Bonchev–Trinajstić information content (AvgIpc) is 3.25. The van der Waals surface area contributed by atoms with Crippen LogP contribution in [-0.4, -0.2) is 23.8 Å². The van der Waals surface area contributed by atoms with Crippen molar-refractivity contribution >= 4 is 28.0 Å². The van der Waals surface area contributed by atoms with Gasteiger partial charge >= 0.3 is 5.69 Å². The molecule has 2 aromatic heterocycles. The number of benzene rings is 3. The number of rotatable bonds is 6. The number of imidazole rings is 1. The third kappa shape index (κ3) is 4.48. The Labute approximate surface area is 205 Å². The van der Waals surface area contributed by atoms with E-state index < -0.39 is 11.2 Å². The minimum Gasteiger partial charge on any atom is -0.308 e. The van der Waals surface area contributed by atoms with Gasteiger partial charge in [0.25, 0.3) is 5.56 Å². The Morgan fingerprint density at radius 1 is 0.771 bits per heavy atom. The summed E-state index contributed by atoms with van der Waals surface area (Å²) in [5.74, 6) is 0. The number of carbonyl (C=O) groups is 1. The van der Waals surface area contributed by atoms with Gasteiger partial charge in [0, 0.05) is 12.6 Å². The van der Waals surface area contributed by atoms with Crippen molar-refractivity contribution in [3.63, 3.8) is 0 Å². The topological polar surface area (TPSA) is 78.9 Å². The predicted molar refractivity (Wildman–Crippen MR) is 137 cm³/mol. The van der Waals surface area contributed by atoms with E-state index in [1.807, 2.05) is 66.7 Å². The molecule has 0 N–H and O–H groups in total. The van der Waals surface area contributed by atoms with E-state index in [0.717, 1.165) is 22.9 Å². The lowest BCUT2D eigenvalue weighted by Gasteiger charge is -2.11. The Morgan fingerprint density at radius 3 is 1.86 bits per heavy atom. The van der Waals surface area contributed by atoms with Crippen molar-refractivity contribution in [1.82, 2.24) is 18.7 Å². The zero-order valence-electron chi connectivity index (χ0n) is 19.0. The highest BCUT2D eigenvalue weighted by atomic mass is 32.2. The fourth-order valence-corrected chi connectivity index (χ4v) is 4.78. The van der Waals surface area contributed by atoms with Gasteiger partial charge in [-0.25, -0.2) is 9.78 Å². The van der Waals surface area contributed by atoms with Gasteiger partial charge in [-0.05, 0) is 22.9 Å². The Morgan fingerprint density at radius 2 is 1.29 bits per heavy atom. The first-order valence-electron chi connectivity index (χ1n) is 11.1. The first-order valence-corrected chi connectivity index (χ1v) is 11.9. The number of thioether (sulfide) groups is 1. The molecule has 5 aromatic rings. The van der Waals surface area contributed by atoms with Crippen LogP contribution in [0.3, 0.4) is 0 Å². The summed E-state index contributed by atoms with van der Waals surface area (Å²) in [7, 11) is 1.60. The third-order valence-corrected chi connectivity index (χ3v) is 6.67. The van der Waals surface area contributed by atoms with Crippen molar-refractivity contribution in [3.05, 3.63) is 129 Å². The third-order valence-electron chi connectivity index (χ3n) is 5.76. The molecular formula is C27H22N4O3S. The lowest BCUT2D eigenvalue weighted by Crippen LogP contribution is -2.40. The number of fused-ring (bicyclic) bond motifs is 1. The van der Waals surface area contributed by atoms with Crippen molar-refractivity contribution < 1.29 is 4.79 Å².